The van der Waals surface area contributed by atoms with Crippen molar-refractivity contribution in [3.8, 4) is 5.75 Å². The van der Waals surface area contributed by atoms with E-state index >= 15 is 0 Å². The summed E-state index contributed by atoms with van der Waals surface area (Å²) in [5.41, 5.74) is 0.345. The van der Waals surface area contributed by atoms with Gasteiger partial charge in [0.25, 0.3) is 0 Å². The monoisotopic (exact) mass is 270 g/mol. The van der Waals surface area contributed by atoms with E-state index in [2.05, 4.69) is 0 Å². The summed E-state index contributed by atoms with van der Waals surface area (Å²) in [5.74, 6) is -0.249. The van der Waals surface area contributed by atoms with Gasteiger partial charge in [0, 0.05) is 5.56 Å². The van der Waals surface area contributed by atoms with Crippen molar-refractivity contribution in [2.24, 2.45) is 0 Å². The SMILES string of the molecule is COc1ccsc1C(=O)c1ccc(F)c(Cl)c1. The molecule has 17 heavy (non-hydrogen) atoms. The van der Waals surface area contributed by atoms with Gasteiger partial charge < -0.3 is 4.74 Å². The Morgan fingerprint density at radius 3 is 2.82 bits per heavy atom. The topological polar surface area (TPSA) is 26.3 Å². The normalized spacial score (nSPS) is 10.3. The summed E-state index contributed by atoms with van der Waals surface area (Å²) >= 11 is 6.91. The lowest BCUT2D eigenvalue weighted by atomic mass is 10.1. The van der Waals surface area contributed by atoms with Gasteiger partial charge in [0.05, 0.1) is 12.1 Å². The van der Waals surface area contributed by atoms with E-state index < -0.39 is 5.82 Å². The lowest BCUT2D eigenvalue weighted by molar-refractivity contribution is 0.104. The van der Waals surface area contributed by atoms with Crippen LogP contribution in [0.5, 0.6) is 5.75 Å². The van der Waals surface area contributed by atoms with Crippen LogP contribution in [0.4, 0.5) is 4.39 Å². The third-order valence-corrected chi connectivity index (χ3v) is 3.42. The maximum atomic E-state index is 13.0. The summed E-state index contributed by atoms with van der Waals surface area (Å²) in [6.45, 7) is 0. The third-order valence-electron chi connectivity index (χ3n) is 2.24. The Hall–Kier alpha value is -1.39. The first kappa shape index (κ1) is 12.1. The number of ketones is 1. The van der Waals surface area contributed by atoms with Crippen molar-refractivity contribution < 1.29 is 13.9 Å². The molecule has 1 heterocycles. The van der Waals surface area contributed by atoms with Crippen molar-refractivity contribution in [2.75, 3.05) is 7.11 Å². The molecule has 88 valence electrons. The van der Waals surface area contributed by atoms with E-state index in [1.807, 2.05) is 0 Å². The number of benzene rings is 1. The van der Waals surface area contributed by atoms with Gasteiger partial charge in [-0.25, -0.2) is 4.39 Å². The number of ether oxygens (including phenoxy) is 1. The first-order valence-corrected chi connectivity index (χ1v) is 6.00. The van der Waals surface area contributed by atoms with Gasteiger partial charge in [0.15, 0.2) is 0 Å². The molecule has 0 spiro atoms. The smallest absolute Gasteiger partial charge is 0.206 e. The van der Waals surface area contributed by atoms with Crippen molar-refractivity contribution in [2.45, 2.75) is 0 Å². The molecule has 0 aliphatic carbocycles. The van der Waals surface area contributed by atoms with Crippen molar-refractivity contribution in [3.05, 3.63) is 50.9 Å². The van der Waals surface area contributed by atoms with E-state index in [9.17, 15) is 9.18 Å². The highest BCUT2D eigenvalue weighted by atomic mass is 35.5. The highest BCUT2D eigenvalue weighted by Crippen LogP contribution is 2.28. The Balaban J connectivity index is 2.40. The molecule has 0 saturated carbocycles. The standard InChI is InChI=1S/C12H8ClFO2S/c1-16-10-4-5-17-12(10)11(15)7-2-3-9(14)8(13)6-7/h2-6H,1H3. The summed E-state index contributed by atoms with van der Waals surface area (Å²) in [4.78, 5) is 12.6. The average molecular weight is 271 g/mol. The molecule has 0 amide bonds. The molecule has 2 rings (SSSR count). The zero-order chi connectivity index (χ0) is 12.4. The number of carbonyl (C=O) groups excluding carboxylic acids is 1. The summed E-state index contributed by atoms with van der Waals surface area (Å²) < 4.78 is 18.0. The molecular weight excluding hydrogens is 263 g/mol. The first-order chi connectivity index (χ1) is 8.13. The molecule has 0 saturated heterocycles. The highest BCUT2D eigenvalue weighted by Gasteiger charge is 2.16. The Labute approximate surface area is 107 Å². The fourth-order valence-corrected chi connectivity index (χ4v) is 2.39. The number of thiophene rings is 1. The predicted molar refractivity (Wildman–Crippen MR) is 65.7 cm³/mol. The largest absolute Gasteiger partial charge is 0.495 e. The van der Waals surface area contributed by atoms with Crippen LogP contribution in [0.3, 0.4) is 0 Å². The summed E-state index contributed by atoms with van der Waals surface area (Å²) in [6.07, 6.45) is 0. The van der Waals surface area contributed by atoms with Crippen LogP contribution in [0, 0.1) is 5.82 Å². The fraction of sp³-hybridized carbons (Fsp3) is 0.0833. The molecule has 2 nitrogen and oxygen atoms in total. The minimum Gasteiger partial charge on any atom is -0.495 e. The molecule has 0 atom stereocenters. The van der Waals surface area contributed by atoms with Crippen LogP contribution in [0.2, 0.25) is 5.02 Å². The molecule has 2 aromatic rings. The van der Waals surface area contributed by atoms with Gasteiger partial charge in [-0.05, 0) is 29.6 Å². The number of halogens is 2. The zero-order valence-corrected chi connectivity index (χ0v) is 10.4. The molecule has 0 bridgehead atoms. The molecule has 5 heteroatoms. The van der Waals surface area contributed by atoms with Crippen LogP contribution in [-0.4, -0.2) is 12.9 Å². The third kappa shape index (κ3) is 2.33. The van der Waals surface area contributed by atoms with E-state index in [0.29, 0.717) is 16.2 Å². The molecule has 0 unspecified atom stereocenters. The van der Waals surface area contributed by atoms with E-state index in [0.717, 1.165) is 0 Å². The maximum Gasteiger partial charge on any atom is 0.206 e. The number of carbonyl (C=O) groups is 1. The van der Waals surface area contributed by atoms with Crippen molar-refractivity contribution in [3.63, 3.8) is 0 Å². The molecular formula is C12H8ClFO2S. The number of methoxy groups -OCH3 is 1. The second-order valence-electron chi connectivity index (χ2n) is 3.28. The van der Waals surface area contributed by atoms with Gasteiger partial charge in [-0.2, -0.15) is 0 Å². The summed E-state index contributed by atoms with van der Waals surface area (Å²) in [6, 6.07) is 5.61. The average Bonchev–Trinajstić information content (AvgIpc) is 2.80. The van der Waals surface area contributed by atoms with Crippen LogP contribution < -0.4 is 4.74 Å². The fourth-order valence-electron chi connectivity index (χ4n) is 1.39. The minimum atomic E-state index is -0.540. The van der Waals surface area contributed by atoms with Crippen molar-refractivity contribution in [1.29, 1.82) is 0 Å². The van der Waals surface area contributed by atoms with Crippen LogP contribution in [-0.2, 0) is 0 Å². The van der Waals surface area contributed by atoms with Gasteiger partial charge in [0.1, 0.15) is 16.4 Å². The lowest BCUT2D eigenvalue weighted by Crippen LogP contribution is -2.01. The maximum absolute atomic E-state index is 13.0. The minimum absolute atomic E-state index is 0.0635. The molecule has 0 aliphatic rings. The van der Waals surface area contributed by atoms with E-state index in [-0.39, 0.29) is 10.8 Å². The number of rotatable bonds is 3. The molecule has 0 N–H and O–H groups in total. The Morgan fingerprint density at radius 1 is 1.41 bits per heavy atom. The van der Waals surface area contributed by atoms with Crippen LogP contribution in [0.1, 0.15) is 15.2 Å². The van der Waals surface area contributed by atoms with E-state index in [1.165, 1.54) is 36.6 Å². The van der Waals surface area contributed by atoms with E-state index in [1.54, 1.807) is 11.4 Å². The highest BCUT2D eigenvalue weighted by molar-refractivity contribution is 7.12. The quantitative estimate of drug-likeness (QED) is 0.794. The Kier molecular flexibility index (Phi) is 3.45. The number of hydrogen-bond donors (Lipinski definition) is 0. The molecule has 0 fully saturated rings. The zero-order valence-electron chi connectivity index (χ0n) is 8.87. The van der Waals surface area contributed by atoms with Crippen LogP contribution >= 0.6 is 22.9 Å². The van der Waals surface area contributed by atoms with Crippen molar-refractivity contribution in [1.82, 2.24) is 0 Å². The second kappa shape index (κ2) is 4.85. The van der Waals surface area contributed by atoms with Gasteiger partial charge >= 0.3 is 0 Å². The van der Waals surface area contributed by atoms with Gasteiger partial charge in [-0.15, -0.1) is 11.3 Å². The lowest BCUT2D eigenvalue weighted by Gasteiger charge is -2.03. The molecule has 0 aliphatic heterocycles. The Morgan fingerprint density at radius 2 is 2.18 bits per heavy atom. The van der Waals surface area contributed by atoms with Crippen molar-refractivity contribution >= 4 is 28.7 Å². The predicted octanol–water partition coefficient (Wildman–Crippen LogP) is 3.78. The summed E-state index contributed by atoms with van der Waals surface area (Å²) in [5, 5.41) is 1.70. The van der Waals surface area contributed by atoms with E-state index in [4.69, 9.17) is 16.3 Å². The molecule has 0 radical (unpaired) electrons. The summed E-state index contributed by atoms with van der Waals surface area (Å²) in [7, 11) is 1.50. The molecule has 1 aromatic carbocycles. The Bertz CT molecular complexity index is 565. The first-order valence-electron chi connectivity index (χ1n) is 4.74. The van der Waals surface area contributed by atoms with Gasteiger partial charge in [-0.3, -0.25) is 4.79 Å². The van der Waals surface area contributed by atoms with Gasteiger partial charge in [0.2, 0.25) is 5.78 Å². The van der Waals surface area contributed by atoms with Crippen LogP contribution in [0.25, 0.3) is 0 Å². The number of hydrogen-bond acceptors (Lipinski definition) is 3. The van der Waals surface area contributed by atoms with Gasteiger partial charge in [-0.1, -0.05) is 11.6 Å². The van der Waals surface area contributed by atoms with Crippen LogP contribution in [0.15, 0.2) is 29.6 Å². The second-order valence-corrected chi connectivity index (χ2v) is 4.60. The molecule has 1 aromatic heterocycles.